The first-order valence-corrected chi connectivity index (χ1v) is 5.40. The highest BCUT2D eigenvalue weighted by molar-refractivity contribution is 7.17. The minimum atomic E-state index is -0.381. The number of ether oxygens (including phenoxy) is 1. The maximum absolute atomic E-state index is 11.6. The summed E-state index contributed by atoms with van der Waals surface area (Å²) < 4.78 is 4.83. The van der Waals surface area contributed by atoms with Gasteiger partial charge in [0, 0.05) is 6.54 Å². The molecule has 0 spiro atoms. The van der Waals surface area contributed by atoms with E-state index in [4.69, 9.17) is 4.74 Å². The molecule has 1 aromatic heterocycles. The maximum Gasteiger partial charge on any atom is 0.324 e. The van der Waals surface area contributed by atoms with Crippen molar-refractivity contribution in [2.45, 2.75) is 6.92 Å². The fourth-order valence-corrected chi connectivity index (χ4v) is 1.51. The van der Waals surface area contributed by atoms with Crippen molar-refractivity contribution in [2.24, 2.45) is 0 Å². The second kappa shape index (κ2) is 6.01. The number of methoxy groups -OCH3 is 1. The number of carbonyl (C=O) groups is 2. The Balaban J connectivity index is 2.58. The zero-order valence-corrected chi connectivity index (χ0v) is 9.78. The lowest BCUT2D eigenvalue weighted by Gasteiger charge is -2.16. The van der Waals surface area contributed by atoms with Gasteiger partial charge in [-0.15, -0.1) is 5.10 Å². The molecule has 8 heteroatoms. The number of carbonyl (C=O) groups excluding carboxylic acids is 2. The first-order valence-electron chi connectivity index (χ1n) is 4.58. The third-order valence-electron chi connectivity index (χ3n) is 1.76. The number of hydrogen-bond acceptors (Lipinski definition) is 6. The van der Waals surface area contributed by atoms with Crippen molar-refractivity contribution in [2.75, 3.05) is 25.5 Å². The van der Waals surface area contributed by atoms with E-state index in [1.807, 2.05) is 0 Å². The molecule has 0 aromatic carbocycles. The number of anilines is 1. The molecule has 0 aliphatic heterocycles. The van der Waals surface area contributed by atoms with E-state index in [0.29, 0.717) is 23.2 Å². The molecular formula is C8H12N4O3S. The summed E-state index contributed by atoms with van der Waals surface area (Å²) in [5.74, 6) is 0. The van der Waals surface area contributed by atoms with Gasteiger partial charge in [0.25, 0.3) is 5.19 Å². The first-order chi connectivity index (χ1) is 7.71. The van der Waals surface area contributed by atoms with Crippen molar-refractivity contribution < 1.29 is 14.3 Å². The Kier molecular flexibility index (Phi) is 4.65. The number of nitrogens with zero attached hydrogens (tertiary/aromatic N) is 3. The van der Waals surface area contributed by atoms with E-state index < -0.39 is 0 Å². The number of aromatic nitrogens is 2. The Morgan fingerprint density at radius 3 is 2.88 bits per heavy atom. The fourth-order valence-electron chi connectivity index (χ4n) is 0.959. The predicted molar refractivity (Wildman–Crippen MR) is 58.8 cm³/mol. The molecule has 1 rings (SSSR count). The summed E-state index contributed by atoms with van der Waals surface area (Å²) in [6, 6.07) is -0.381. The fraction of sp³-hybridized carbons (Fsp3) is 0.500. The van der Waals surface area contributed by atoms with E-state index in [2.05, 4.69) is 15.5 Å². The molecule has 0 unspecified atom stereocenters. The zero-order valence-electron chi connectivity index (χ0n) is 8.97. The number of amides is 2. The molecule has 0 atom stereocenters. The van der Waals surface area contributed by atoms with Crippen LogP contribution in [0.15, 0.2) is 0 Å². The van der Waals surface area contributed by atoms with E-state index in [0.717, 1.165) is 11.3 Å². The van der Waals surface area contributed by atoms with Crippen LogP contribution in [0, 0.1) is 0 Å². The maximum atomic E-state index is 11.6. The Morgan fingerprint density at radius 2 is 2.38 bits per heavy atom. The number of hydrogen-bond donors (Lipinski definition) is 1. The third-order valence-corrected chi connectivity index (χ3v) is 2.56. The lowest BCUT2D eigenvalue weighted by molar-refractivity contribution is -0.108. The average molecular weight is 244 g/mol. The van der Waals surface area contributed by atoms with Gasteiger partial charge in [0.2, 0.25) is 5.13 Å². The highest BCUT2D eigenvalue weighted by atomic mass is 32.1. The smallest absolute Gasteiger partial charge is 0.324 e. The van der Waals surface area contributed by atoms with Gasteiger partial charge in [-0.2, -0.15) is 0 Å². The van der Waals surface area contributed by atoms with Crippen LogP contribution < -0.4 is 10.1 Å². The first kappa shape index (κ1) is 12.4. The molecule has 16 heavy (non-hydrogen) atoms. The third kappa shape index (κ3) is 3.16. The number of aldehydes is 1. The van der Waals surface area contributed by atoms with Gasteiger partial charge in [-0.05, 0) is 18.3 Å². The molecule has 1 heterocycles. The lowest BCUT2D eigenvalue weighted by atomic mass is 10.5. The number of likely N-dealkylation sites (N-methyl/N-ethyl adjacent to an activating group) is 1. The molecule has 7 nitrogen and oxygen atoms in total. The van der Waals surface area contributed by atoms with Crippen molar-refractivity contribution in [3.63, 3.8) is 0 Å². The summed E-state index contributed by atoms with van der Waals surface area (Å²) >= 11 is 1.12. The minimum Gasteiger partial charge on any atom is -0.472 e. The molecule has 0 saturated heterocycles. The zero-order chi connectivity index (χ0) is 12.0. The molecule has 0 aliphatic rings. The Morgan fingerprint density at radius 1 is 1.62 bits per heavy atom. The second-order valence-electron chi connectivity index (χ2n) is 2.71. The van der Waals surface area contributed by atoms with Gasteiger partial charge in [-0.1, -0.05) is 5.10 Å². The van der Waals surface area contributed by atoms with Crippen LogP contribution in [-0.2, 0) is 4.79 Å². The van der Waals surface area contributed by atoms with Gasteiger partial charge in [-0.3, -0.25) is 5.32 Å². The standard InChI is InChI=1S/C8H12N4O3S/c1-3-12(4-5-13)7(14)9-6-10-11-8(15-2)16-6/h5H,3-4H2,1-2H3,(H,9,10,14). The van der Waals surface area contributed by atoms with E-state index in [-0.39, 0.29) is 12.6 Å². The molecule has 88 valence electrons. The summed E-state index contributed by atoms with van der Waals surface area (Å²) in [6.07, 6.45) is 0.670. The molecule has 0 aliphatic carbocycles. The summed E-state index contributed by atoms with van der Waals surface area (Å²) in [4.78, 5) is 23.2. The van der Waals surface area contributed by atoms with Crippen LogP contribution in [-0.4, -0.2) is 47.6 Å². The lowest BCUT2D eigenvalue weighted by Crippen LogP contribution is -2.36. The summed E-state index contributed by atoms with van der Waals surface area (Å²) in [7, 11) is 1.47. The normalized spacial score (nSPS) is 9.62. The largest absolute Gasteiger partial charge is 0.472 e. The van der Waals surface area contributed by atoms with Crippen LogP contribution in [0.2, 0.25) is 0 Å². The molecule has 1 aromatic rings. The van der Waals surface area contributed by atoms with Crippen LogP contribution in [0.4, 0.5) is 9.93 Å². The number of rotatable bonds is 5. The Labute approximate surface area is 96.4 Å². The Hall–Kier alpha value is -1.70. The molecular weight excluding hydrogens is 232 g/mol. The predicted octanol–water partition coefficient (Wildman–Crippen LogP) is 0.599. The number of urea groups is 1. The molecule has 1 N–H and O–H groups in total. The van der Waals surface area contributed by atoms with Crippen molar-refractivity contribution in [1.29, 1.82) is 0 Å². The van der Waals surface area contributed by atoms with Gasteiger partial charge in [0.05, 0.1) is 13.7 Å². The summed E-state index contributed by atoms with van der Waals surface area (Å²) in [6.45, 7) is 2.28. The van der Waals surface area contributed by atoms with E-state index in [1.165, 1.54) is 12.0 Å². The van der Waals surface area contributed by atoms with Crippen LogP contribution in [0.5, 0.6) is 5.19 Å². The van der Waals surface area contributed by atoms with Crippen LogP contribution in [0.1, 0.15) is 6.92 Å². The molecule has 0 fully saturated rings. The van der Waals surface area contributed by atoms with Gasteiger partial charge >= 0.3 is 6.03 Å². The SMILES string of the molecule is CCN(CC=O)C(=O)Nc1nnc(OC)s1. The van der Waals surface area contributed by atoms with Crippen molar-refractivity contribution in [1.82, 2.24) is 15.1 Å². The molecule has 0 radical (unpaired) electrons. The van der Waals surface area contributed by atoms with E-state index in [1.54, 1.807) is 6.92 Å². The van der Waals surface area contributed by atoms with Gasteiger partial charge in [0.1, 0.15) is 6.29 Å². The van der Waals surface area contributed by atoms with Gasteiger partial charge < -0.3 is 14.4 Å². The van der Waals surface area contributed by atoms with E-state index >= 15 is 0 Å². The van der Waals surface area contributed by atoms with Gasteiger partial charge in [0.15, 0.2) is 0 Å². The van der Waals surface area contributed by atoms with E-state index in [9.17, 15) is 9.59 Å². The van der Waals surface area contributed by atoms with Crippen molar-refractivity contribution >= 4 is 28.8 Å². The molecule has 2 amide bonds. The summed E-state index contributed by atoms with van der Waals surface area (Å²) in [5, 5.41) is 10.6. The highest BCUT2D eigenvalue weighted by Crippen LogP contribution is 2.21. The highest BCUT2D eigenvalue weighted by Gasteiger charge is 2.13. The molecule has 0 bridgehead atoms. The second-order valence-corrected chi connectivity index (χ2v) is 3.65. The van der Waals surface area contributed by atoms with Crippen LogP contribution >= 0.6 is 11.3 Å². The minimum absolute atomic E-state index is 0.0538. The van der Waals surface area contributed by atoms with Crippen molar-refractivity contribution in [3.05, 3.63) is 0 Å². The van der Waals surface area contributed by atoms with Gasteiger partial charge in [-0.25, -0.2) is 4.79 Å². The topological polar surface area (TPSA) is 84.4 Å². The van der Waals surface area contributed by atoms with Crippen LogP contribution in [0.25, 0.3) is 0 Å². The quantitative estimate of drug-likeness (QED) is 0.767. The molecule has 0 saturated carbocycles. The number of nitrogens with one attached hydrogen (secondary N) is 1. The van der Waals surface area contributed by atoms with Crippen LogP contribution in [0.3, 0.4) is 0 Å². The monoisotopic (exact) mass is 244 g/mol. The Bertz CT molecular complexity index is 368. The average Bonchev–Trinajstić information content (AvgIpc) is 2.73. The van der Waals surface area contributed by atoms with Crippen molar-refractivity contribution in [3.8, 4) is 5.19 Å². The summed E-state index contributed by atoms with van der Waals surface area (Å²) in [5.41, 5.74) is 0.